The molecule has 2 aromatic rings. The normalized spacial score (nSPS) is 10.3. The number of nitrogens with zero attached hydrogens (tertiary/aromatic N) is 2. The van der Waals surface area contributed by atoms with Gasteiger partial charge in [0.15, 0.2) is 0 Å². The standard InChI is InChI=1S/C17H14N2O2/c1-19(15-5-3-2-4-6-15)16-9-7-13(8-10-17(20)21)11-14(16)12-18/h2-11H,1H3,(H,20,21)/b10-8+. The second kappa shape index (κ2) is 6.40. The number of aliphatic carboxylic acids is 1. The molecular formula is C17H14N2O2. The van der Waals surface area contributed by atoms with E-state index >= 15 is 0 Å². The molecule has 21 heavy (non-hydrogen) atoms. The molecule has 0 aliphatic carbocycles. The van der Waals surface area contributed by atoms with E-state index in [-0.39, 0.29) is 0 Å². The number of para-hydroxylation sites is 1. The van der Waals surface area contributed by atoms with Crippen LogP contribution in [0.25, 0.3) is 6.08 Å². The third kappa shape index (κ3) is 3.48. The molecule has 0 aliphatic rings. The molecule has 0 fully saturated rings. The van der Waals surface area contributed by atoms with Crippen LogP contribution in [-0.4, -0.2) is 18.1 Å². The highest BCUT2D eigenvalue weighted by atomic mass is 16.4. The monoisotopic (exact) mass is 278 g/mol. The number of carboxylic acids is 1. The summed E-state index contributed by atoms with van der Waals surface area (Å²) in [5.74, 6) is -1.01. The van der Waals surface area contributed by atoms with Gasteiger partial charge in [0.25, 0.3) is 0 Å². The van der Waals surface area contributed by atoms with Crippen LogP contribution in [0.3, 0.4) is 0 Å². The molecule has 0 amide bonds. The molecule has 0 heterocycles. The van der Waals surface area contributed by atoms with Crippen molar-refractivity contribution in [2.24, 2.45) is 0 Å². The summed E-state index contributed by atoms with van der Waals surface area (Å²) in [4.78, 5) is 12.4. The minimum Gasteiger partial charge on any atom is -0.478 e. The maximum atomic E-state index is 10.5. The van der Waals surface area contributed by atoms with E-state index in [2.05, 4.69) is 6.07 Å². The van der Waals surface area contributed by atoms with E-state index in [1.54, 1.807) is 12.1 Å². The van der Waals surface area contributed by atoms with Crippen LogP contribution in [0, 0.1) is 11.3 Å². The maximum Gasteiger partial charge on any atom is 0.328 e. The lowest BCUT2D eigenvalue weighted by molar-refractivity contribution is -0.131. The lowest BCUT2D eigenvalue weighted by Crippen LogP contribution is -2.10. The highest BCUT2D eigenvalue weighted by Crippen LogP contribution is 2.27. The first kappa shape index (κ1) is 14.4. The minimum absolute atomic E-state index is 0.494. The molecule has 0 atom stereocenters. The Morgan fingerprint density at radius 2 is 1.95 bits per heavy atom. The summed E-state index contributed by atoms with van der Waals surface area (Å²) in [7, 11) is 1.89. The second-order valence-corrected chi connectivity index (χ2v) is 4.45. The fraction of sp³-hybridized carbons (Fsp3) is 0.0588. The average Bonchev–Trinajstić information content (AvgIpc) is 2.52. The Kier molecular flexibility index (Phi) is 4.37. The molecule has 4 nitrogen and oxygen atoms in total. The van der Waals surface area contributed by atoms with Crippen LogP contribution in [0.5, 0.6) is 0 Å². The first-order chi connectivity index (χ1) is 10.1. The number of hydrogen-bond acceptors (Lipinski definition) is 3. The molecule has 0 radical (unpaired) electrons. The molecule has 2 rings (SSSR count). The zero-order chi connectivity index (χ0) is 15.2. The largest absolute Gasteiger partial charge is 0.478 e. The quantitative estimate of drug-likeness (QED) is 0.870. The molecule has 0 saturated carbocycles. The van der Waals surface area contributed by atoms with Gasteiger partial charge >= 0.3 is 5.97 Å². The van der Waals surface area contributed by atoms with E-state index in [1.807, 2.05) is 48.3 Å². The molecule has 0 bridgehead atoms. The lowest BCUT2D eigenvalue weighted by Gasteiger charge is -2.20. The molecule has 1 N–H and O–H groups in total. The zero-order valence-corrected chi connectivity index (χ0v) is 11.5. The van der Waals surface area contributed by atoms with Crippen molar-refractivity contribution in [2.75, 3.05) is 11.9 Å². The van der Waals surface area contributed by atoms with Crippen molar-refractivity contribution in [1.82, 2.24) is 0 Å². The van der Waals surface area contributed by atoms with Crippen molar-refractivity contribution in [1.29, 1.82) is 5.26 Å². The van der Waals surface area contributed by atoms with Crippen LogP contribution in [0.4, 0.5) is 11.4 Å². The second-order valence-electron chi connectivity index (χ2n) is 4.45. The summed E-state index contributed by atoms with van der Waals surface area (Å²) in [6.45, 7) is 0. The molecule has 4 heteroatoms. The fourth-order valence-corrected chi connectivity index (χ4v) is 2.00. The predicted octanol–water partition coefficient (Wildman–Crippen LogP) is 3.42. The van der Waals surface area contributed by atoms with Gasteiger partial charge in [-0.15, -0.1) is 0 Å². The summed E-state index contributed by atoms with van der Waals surface area (Å²) in [5.41, 5.74) is 2.92. The van der Waals surface area contributed by atoms with Crippen molar-refractivity contribution in [2.45, 2.75) is 0 Å². The van der Waals surface area contributed by atoms with Crippen molar-refractivity contribution in [3.8, 4) is 6.07 Å². The average molecular weight is 278 g/mol. The topological polar surface area (TPSA) is 64.3 Å². The van der Waals surface area contributed by atoms with Gasteiger partial charge in [-0.05, 0) is 35.9 Å². The van der Waals surface area contributed by atoms with Gasteiger partial charge in [0.05, 0.1) is 11.3 Å². The Labute approximate surface area is 123 Å². The zero-order valence-electron chi connectivity index (χ0n) is 11.5. The first-order valence-corrected chi connectivity index (χ1v) is 6.36. The summed E-state index contributed by atoms with van der Waals surface area (Å²) < 4.78 is 0. The molecule has 0 unspecified atom stereocenters. The van der Waals surface area contributed by atoms with Gasteiger partial charge in [0.1, 0.15) is 6.07 Å². The summed E-state index contributed by atoms with van der Waals surface area (Å²) >= 11 is 0. The van der Waals surface area contributed by atoms with E-state index in [4.69, 9.17) is 5.11 Å². The highest BCUT2D eigenvalue weighted by molar-refractivity contribution is 5.85. The Bertz CT molecular complexity index is 715. The third-order valence-corrected chi connectivity index (χ3v) is 3.06. The van der Waals surface area contributed by atoms with Gasteiger partial charge in [-0.1, -0.05) is 24.3 Å². The van der Waals surface area contributed by atoms with Crippen molar-refractivity contribution in [3.05, 3.63) is 65.7 Å². The molecule has 0 saturated heterocycles. The summed E-state index contributed by atoms with van der Waals surface area (Å²) in [6.07, 6.45) is 2.52. The molecule has 0 aliphatic heterocycles. The van der Waals surface area contributed by atoms with E-state index in [0.717, 1.165) is 17.5 Å². The Morgan fingerprint density at radius 1 is 1.24 bits per heavy atom. The van der Waals surface area contributed by atoms with Crippen LogP contribution < -0.4 is 4.90 Å². The van der Waals surface area contributed by atoms with E-state index in [0.29, 0.717) is 11.1 Å². The Hall–Kier alpha value is -3.06. The van der Waals surface area contributed by atoms with Gasteiger partial charge in [0, 0.05) is 18.8 Å². The van der Waals surface area contributed by atoms with Crippen molar-refractivity contribution < 1.29 is 9.90 Å². The first-order valence-electron chi connectivity index (χ1n) is 6.36. The molecule has 0 spiro atoms. The Morgan fingerprint density at radius 3 is 2.57 bits per heavy atom. The lowest BCUT2D eigenvalue weighted by atomic mass is 10.1. The van der Waals surface area contributed by atoms with Gasteiger partial charge < -0.3 is 10.0 Å². The van der Waals surface area contributed by atoms with E-state index in [9.17, 15) is 10.1 Å². The van der Waals surface area contributed by atoms with Gasteiger partial charge in [-0.2, -0.15) is 5.26 Å². The van der Waals surface area contributed by atoms with Gasteiger partial charge in [-0.25, -0.2) is 4.79 Å². The molecule has 2 aromatic carbocycles. The van der Waals surface area contributed by atoms with Gasteiger partial charge in [-0.3, -0.25) is 0 Å². The number of anilines is 2. The minimum atomic E-state index is -1.01. The van der Waals surface area contributed by atoms with E-state index < -0.39 is 5.97 Å². The number of nitriles is 1. The van der Waals surface area contributed by atoms with Crippen LogP contribution in [-0.2, 0) is 4.79 Å². The molecular weight excluding hydrogens is 264 g/mol. The van der Waals surface area contributed by atoms with Crippen LogP contribution in [0.2, 0.25) is 0 Å². The number of carbonyl (C=O) groups is 1. The Balaban J connectivity index is 2.37. The SMILES string of the molecule is CN(c1ccccc1)c1ccc(/C=C/C(=O)O)cc1C#N. The van der Waals surface area contributed by atoms with Crippen molar-refractivity contribution >= 4 is 23.4 Å². The van der Waals surface area contributed by atoms with Crippen molar-refractivity contribution in [3.63, 3.8) is 0 Å². The number of rotatable bonds is 4. The van der Waals surface area contributed by atoms with Crippen LogP contribution in [0.15, 0.2) is 54.6 Å². The third-order valence-electron chi connectivity index (χ3n) is 3.06. The van der Waals surface area contributed by atoms with Crippen LogP contribution >= 0.6 is 0 Å². The maximum absolute atomic E-state index is 10.5. The van der Waals surface area contributed by atoms with Gasteiger partial charge in [0.2, 0.25) is 0 Å². The van der Waals surface area contributed by atoms with E-state index in [1.165, 1.54) is 6.08 Å². The smallest absolute Gasteiger partial charge is 0.328 e. The summed E-state index contributed by atoms with van der Waals surface area (Å²) in [5, 5.41) is 17.9. The number of carboxylic acid groups (broad SMARTS) is 1. The fourth-order valence-electron chi connectivity index (χ4n) is 2.00. The summed E-state index contributed by atoms with van der Waals surface area (Å²) in [6, 6.07) is 17.1. The number of hydrogen-bond donors (Lipinski definition) is 1. The molecule has 104 valence electrons. The highest BCUT2D eigenvalue weighted by Gasteiger charge is 2.09. The molecule has 0 aromatic heterocycles. The van der Waals surface area contributed by atoms with Crippen LogP contribution in [0.1, 0.15) is 11.1 Å². The predicted molar refractivity (Wildman–Crippen MR) is 82.3 cm³/mol. The number of benzene rings is 2.